The van der Waals surface area contributed by atoms with E-state index in [1.165, 1.54) is 12.8 Å². The zero-order valence-electron chi connectivity index (χ0n) is 5.65. The predicted octanol–water partition coefficient (Wildman–Crippen LogP) is 1.31. The lowest BCUT2D eigenvalue weighted by atomic mass is 10.1. The summed E-state index contributed by atoms with van der Waals surface area (Å²) < 4.78 is 0. The summed E-state index contributed by atoms with van der Waals surface area (Å²) in [4.78, 5) is 10.7. The third kappa shape index (κ3) is 2.49. The highest BCUT2D eigenvalue weighted by atomic mass is 16.1. The fourth-order valence-corrected chi connectivity index (χ4v) is 1.08. The van der Waals surface area contributed by atoms with E-state index < -0.39 is 0 Å². The van der Waals surface area contributed by atoms with Crippen molar-refractivity contribution in [3.63, 3.8) is 0 Å². The van der Waals surface area contributed by atoms with Gasteiger partial charge in [-0.15, -0.1) is 0 Å². The van der Waals surface area contributed by atoms with Crippen LogP contribution in [0.25, 0.3) is 0 Å². The van der Waals surface area contributed by atoms with Gasteiger partial charge in [-0.25, -0.2) is 0 Å². The fourth-order valence-electron chi connectivity index (χ4n) is 1.08. The Hall–Kier alpha value is -0.530. The van der Waals surface area contributed by atoms with Gasteiger partial charge in [-0.05, 0) is 12.8 Å². The maximum Gasteiger partial charge on any atom is 0.219 e. The molecule has 1 N–H and O–H groups in total. The molecule has 1 fully saturated rings. The molecule has 1 rings (SSSR count). The van der Waals surface area contributed by atoms with Crippen molar-refractivity contribution in [1.82, 2.24) is 5.32 Å². The maximum absolute atomic E-state index is 10.7. The topological polar surface area (TPSA) is 29.1 Å². The lowest BCUT2D eigenvalue weighted by molar-refractivity contribution is -0.121. The van der Waals surface area contributed by atoms with Crippen LogP contribution in [0.5, 0.6) is 0 Å². The highest BCUT2D eigenvalue weighted by Crippen LogP contribution is 2.04. The second kappa shape index (κ2) is 3.49. The highest BCUT2D eigenvalue weighted by Gasteiger charge is 2.02. The molecule has 0 saturated carbocycles. The van der Waals surface area contributed by atoms with Gasteiger partial charge in [-0.1, -0.05) is 12.8 Å². The van der Waals surface area contributed by atoms with Crippen LogP contribution in [-0.2, 0) is 4.79 Å². The Kier molecular flexibility index (Phi) is 2.55. The molecule has 1 heterocycles. The van der Waals surface area contributed by atoms with E-state index in [9.17, 15) is 4.79 Å². The molecule has 0 radical (unpaired) electrons. The van der Waals surface area contributed by atoms with Crippen molar-refractivity contribution in [2.24, 2.45) is 0 Å². The molecule has 2 nitrogen and oxygen atoms in total. The normalized spacial score (nSPS) is 22.0. The molecule has 0 aromatic rings. The fraction of sp³-hybridized carbons (Fsp3) is 0.857. The Morgan fingerprint density at radius 1 is 1.22 bits per heavy atom. The molecule has 1 amide bonds. The van der Waals surface area contributed by atoms with Gasteiger partial charge in [0.15, 0.2) is 0 Å². The van der Waals surface area contributed by atoms with Crippen LogP contribution >= 0.6 is 0 Å². The number of amides is 1. The van der Waals surface area contributed by atoms with Crippen molar-refractivity contribution < 1.29 is 6.22 Å². The van der Waals surface area contributed by atoms with Crippen LogP contribution in [-0.4, -0.2) is 12.5 Å². The highest BCUT2D eigenvalue weighted by molar-refractivity contribution is 5.75. The summed E-state index contributed by atoms with van der Waals surface area (Å²) in [5, 5.41) is 2.85. The summed E-state index contributed by atoms with van der Waals surface area (Å²) in [5.74, 6) is 0.231. The van der Waals surface area contributed by atoms with Crippen LogP contribution in [0.2, 0.25) is 0 Å². The van der Waals surface area contributed by atoms with Crippen LogP contribution in [0.15, 0.2) is 0 Å². The monoisotopic (exact) mass is 129 g/mol. The Labute approximate surface area is 57.1 Å². The molecular weight excluding hydrogens is 114 g/mol. The summed E-state index contributed by atoms with van der Waals surface area (Å²) in [6.45, 7) is 0.888. The third-order valence-corrected chi connectivity index (χ3v) is 1.65. The van der Waals surface area contributed by atoms with Crippen LogP contribution < -0.4 is 5.32 Å². The molecular formula is C7H15NO. The average molecular weight is 129 g/mol. The van der Waals surface area contributed by atoms with E-state index in [-0.39, 0.29) is 7.33 Å². The van der Waals surface area contributed by atoms with Crippen molar-refractivity contribution in [3.8, 4) is 0 Å². The second-order valence-electron chi connectivity index (χ2n) is 2.51. The Morgan fingerprint density at radius 2 is 2.00 bits per heavy atom. The van der Waals surface area contributed by atoms with E-state index in [4.69, 9.17) is 0 Å². The quantitative estimate of drug-likeness (QED) is 0.525. The molecule has 1 aliphatic rings. The first kappa shape index (κ1) is 6.59. The van der Waals surface area contributed by atoms with E-state index in [2.05, 4.69) is 5.32 Å². The van der Waals surface area contributed by atoms with Crippen LogP contribution in [0.3, 0.4) is 0 Å². The minimum atomic E-state index is 0. The van der Waals surface area contributed by atoms with Gasteiger partial charge in [0, 0.05) is 14.4 Å². The minimum absolute atomic E-state index is 0. The SMILES string of the molecule is O=C1CCCCCCN1.[HH]. The van der Waals surface area contributed by atoms with Crippen LogP contribution in [0, 0.1) is 0 Å². The zero-order chi connectivity index (χ0) is 6.53. The molecule has 0 aromatic carbocycles. The van der Waals surface area contributed by atoms with Crippen molar-refractivity contribution in [2.45, 2.75) is 32.1 Å². The summed E-state index contributed by atoms with van der Waals surface area (Å²) >= 11 is 0. The molecule has 1 aliphatic heterocycles. The van der Waals surface area contributed by atoms with E-state index in [0.717, 1.165) is 25.8 Å². The van der Waals surface area contributed by atoms with E-state index in [1.54, 1.807) is 0 Å². The van der Waals surface area contributed by atoms with Gasteiger partial charge in [0.25, 0.3) is 0 Å². The van der Waals surface area contributed by atoms with E-state index >= 15 is 0 Å². The van der Waals surface area contributed by atoms with Crippen LogP contribution in [0.1, 0.15) is 33.5 Å². The Bertz CT molecular complexity index is 95.8. The van der Waals surface area contributed by atoms with Crippen LogP contribution in [0.4, 0.5) is 0 Å². The summed E-state index contributed by atoms with van der Waals surface area (Å²) in [6.07, 6.45) is 5.48. The molecule has 0 atom stereocenters. The van der Waals surface area contributed by atoms with Gasteiger partial charge >= 0.3 is 0 Å². The first-order chi connectivity index (χ1) is 4.39. The molecule has 9 heavy (non-hydrogen) atoms. The number of carbonyl (C=O) groups excluding carboxylic acids is 1. The van der Waals surface area contributed by atoms with Crippen molar-refractivity contribution >= 4 is 5.91 Å². The lowest BCUT2D eigenvalue weighted by Gasteiger charge is -2.08. The molecule has 1 saturated heterocycles. The molecule has 0 aliphatic carbocycles. The molecule has 0 bridgehead atoms. The lowest BCUT2D eigenvalue weighted by Crippen LogP contribution is -2.25. The predicted molar refractivity (Wildman–Crippen MR) is 38.2 cm³/mol. The van der Waals surface area contributed by atoms with Gasteiger partial charge in [-0.3, -0.25) is 4.79 Å². The average Bonchev–Trinajstić information content (AvgIpc) is 1.79. The first-order valence-corrected chi connectivity index (χ1v) is 3.66. The Morgan fingerprint density at radius 3 is 2.89 bits per heavy atom. The minimum Gasteiger partial charge on any atom is -0.356 e. The molecule has 0 unspecified atom stereocenters. The summed E-state index contributed by atoms with van der Waals surface area (Å²) in [7, 11) is 0. The van der Waals surface area contributed by atoms with Crippen molar-refractivity contribution in [2.75, 3.05) is 6.54 Å². The summed E-state index contributed by atoms with van der Waals surface area (Å²) in [6, 6.07) is 0. The van der Waals surface area contributed by atoms with Gasteiger partial charge in [0.2, 0.25) is 5.91 Å². The zero-order valence-corrected chi connectivity index (χ0v) is 5.65. The number of hydrogen-bond acceptors (Lipinski definition) is 1. The van der Waals surface area contributed by atoms with Gasteiger partial charge in [-0.2, -0.15) is 0 Å². The molecule has 54 valence electrons. The van der Waals surface area contributed by atoms with Gasteiger partial charge < -0.3 is 5.32 Å². The molecule has 0 spiro atoms. The molecule has 0 aromatic heterocycles. The van der Waals surface area contributed by atoms with Crippen molar-refractivity contribution in [1.29, 1.82) is 0 Å². The molecule has 2 heteroatoms. The smallest absolute Gasteiger partial charge is 0.219 e. The van der Waals surface area contributed by atoms with Gasteiger partial charge in [0.1, 0.15) is 0 Å². The number of hydrogen-bond donors (Lipinski definition) is 1. The Balaban J connectivity index is 0.000000810. The van der Waals surface area contributed by atoms with E-state index in [0.29, 0.717) is 0 Å². The largest absolute Gasteiger partial charge is 0.356 e. The second-order valence-corrected chi connectivity index (χ2v) is 2.51. The van der Waals surface area contributed by atoms with Crippen molar-refractivity contribution in [3.05, 3.63) is 0 Å². The van der Waals surface area contributed by atoms with Gasteiger partial charge in [0.05, 0.1) is 0 Å². The number of nitrogens with one attached hydrogen (secondary N) is 1. The maximum atomic E-state index is 10.7. The standard InChI is InChI=1S/C7H13NO.H2/c9-7-5-3-1-2-4-6-8-7;/h1-6H2,(H,8,9);1H. The number of rotatable bonds is 0. The third-order valence-electron chi connectivity index (χ3n) is 1.65. The summed E-state index contributed by atoms with van der Waals surface area (Å²) in [5.41, 5.74) is 0. The number of carbonyl (C=O) groups is 1. The van der Waals surface area contributed by atoms with E-state index in [1.807, 2.05) is 0 Å². The first-order valence-electron chi connectivity index (χ1n) is 3.66.